The normalized spacial score (nSPS) is 7.23. The number of nitrogens with two attached hydrogens (primary N) is 2. The van der Waals surface area contributed by atoms with E-state index >= 15 is 0 Å². The molecule has 0 amide bonds. The van der Waals surface area contributed by atoms with Gasteiger partial charge in [-0.15, -0.1) is 0 Å². The molecule has 4 aromatic carbocycles. The molecule has 0 saturated heterocycles. The highest BCUT2D eigenvalue weighted by molar-refractivity contribution is 14.1. The Bertz CT molecular complexity index is 833. The first-order valence-electron chi connectivity index (χ1n) is 14.3. The monoisotopic (exact) mass is 824 g/mol. The summed E-state index contributed by atoms with van der Waals surface area (Å²) in [5, 5.41) is 0. The van der Waals surface area contributed by atoms with Crippen LogP contribution in [0.25, 0.3) is 0 Å². The molecule has 4 aromatic rings. The van der Waals surface area contributed by atoms with Gasteiger partial charge < -0.3 is 11.5 Å². The third-order valence-corrected chi connectivity index (χ3v) is 6.95. The van der Waals surface area contributed by atoms with Crippen LogP contribution in [0.2, 0.25) is 0 Å². The summed E-state index contributed by atoms with van der Waals surface area (Å²) in [5.74, 6) is 0. The zero-order chi connectivity index (χ0) is 31.9. The second-order valence-electron chi connectivity index (χ2n) is 7.21. The number of anilines is 2. The van der Waals surface area contributed by atoms with Gasteiger partial charge in [0, 0.05) is 35.3 Å². The quantitative estimate of drug-likeness (QED) is 0.105. The van der Waals surface area contributed by atoms with Crippen molar-refractivity contribution >= 4 is 73.4 Å². The van der Waals surface area contributed by atoms with Crippen molar-refractivity contribution in [2.75, 3.05) is 11.5 Å². The minimum Gasteiger partial charge on any atom is -0.399 e. The Morgan fingerprint density at radius 2 is 0.545 bits per heavy atom. The Hall–Kier alpha value is -1.93. The standard InChI is InChI=1S/2C7H7I.2C7H9N.4C2H6.2CH4.2B/c4*1-6-4-2-3-5-7(6)8;4*1-2;;;;/h2*2-5H,1H3;2*2-5H,8H2,1H3;4*1-2H3;2*1H4;;. The summed E-state index contributed by atoms with van der Waals surface area (Å²) in [5.41, 5.74) is 17.8. The summed E-state index contributed by atoms with van der Waals surface area (Å²) >= 11 is 4.65. The molecular formula is C38H64B2I2N2. The molecule has 44 heavy (non-hydrogen) atoms. The molecule has 0 fully saturated rings. The van der Waals surface area contributed by atoms with Crippen molar-refractivity contribution in [1.29, 1.82) is 0 Å². The minimum atomic E-state index is 0. The molecule has 0 atom stereocenters. The molecule has 246 valence electrons. The Kier molecular flexibility index (Phi) is 63.2. The van der Waals surface area contributed by atoms with Crippen LogP contribution in [0.3, 0.4) is 0 Å². The molecule has 0 aliphatic heterocycles. The number of para-hydroxylation sites is 2. The predicted molar refractivity (Wildman–Crippen MR) is 229 cm³/mol. The van der Waals surface area contributed by atoms with Crippen LogP contribution in [0.15, 0.2) is 97.1 Å². The lowest BCUT2D eigenvalue weighted by Crippen LogP contribution is -1.85. The zero-order valence-electron chi connectivity index (χ0n) is 28.3. The summed E-state index contributed by atoms with van der Waals surface area (Å²) < 4.78 is 2.68. The predicted octanol–water partition coefficient (Wildman–Crippen LogP) is 13.0. The molecule has 4 N–H and O–H groups in total. The lowest BCUT2D eigenvalue weighted by atomic mass is 10.2. The Balaban J connectivity index is -0.0000000590. The van der Waals surface area contributed by atoms with Crippen molar-refractivity contribution in [2.24, 2.45) is 0 Å². The van der Waals surface area contributed by atoms with Gasteiger partial charge in [-0.3, -0.25) is 0 Å². The lowest BCUT2D eigenvalue weighted by Gasteiger charge is -1.93. The molecule has 4 rings (SSSR count). The number of rotatable bonds is 0. The third-order valence-electron chi connectivity index (χ3n) is 4.53. The van der Waals surface area contributed by atoms with Gasteiger partial charge in [0.2, 0.25) is 0 Å². The van der Waals surface area contributed by atoms with E-state index in [-0.39, 0.29) is 31.7 Å². The maximum atomic E-state index is 5.52. The second kappa shape index (κ2) is 45.5. The van der Waals surface area contributed by atoms with Crippen LogP contribution in [0.1, 0.15) is 92.5 Å². The van der Waals surface area contributed by atoms with Crippen LogP contribution >= 0.6 is 45.2 Å². The van der Waals surface area contributed by atoms with E-state index in [1.165, 1.54) is 18.3 Å². The lowest BCUT2D eigenvalue weighted by molar-refractivity contribution is 1.43. The van der Waals surface area contributed by atoms with Gasteiger partial charge in [0.25, 0.3) is 0 Å². The number of halogens is 2. The van der Waals surface area contributed by atoms with Gasteiger partial charge in [-0.1, -0.05) is 143 Å². The Labute approximate surface area is 307 Å². The van der Waals surface area contributed by atoms with Gasteiger partial charge >= 0.3 is 0 Å². The van der Waals surface area contributed by atoms with E-state index in [1.807, 2.05) is 118 Å². The fourth-order valence-electron chi connectivity index (χ4n) is 2.28. The highest BCUT2D eigenvalue weighted by Gasteiger charge is 1.87. The van der Waals surface area contributed by atoms with Gasteiger partial charge in [-0.25, -0.2) is 0 Å². The molecule has 6 heteroatoms. The first-order chi connectivity index (χ1) is 19.2. The summed E-state index contributed by atoms with van der Waals surface area (Å²) in [4.78, 5) is 0. The fourth-order valence-corrected chi connectivity index (χ4v) is 3.05. The molecule has 0 heterocycles. The van der Waals surface area contributed by atoms with E-state index in [0.717, 1.165) is 22.5 Å². The van der Waals surface area contributed by atoms with Crippen LogP contribution in [0.4, 0.5) is 11.4 Å². The first kappa shape index (κ1) is 61.1. The Morgan fingerprint density at radius 3 is 0.659 bits per heavy atom. The van der Waals surface area contributed by atoms with Crippen molar-refractivity contribution in [3.63, 3.8) is 0 Å². The van der Waals surface area contributed by atoms with Crippen molar-refractivity contribution in [2.45, 2.75) is 97.9 Å². The molecule has 0 aliphatic carbocycles. The first-order valence-corrected chi connectivity index (χ1v) is 16.4. The molecule has 0 aromatic heterocycles. The largest absolute Gasteiger partial charge is 0.399 e. The van der Waals surface area contributed by atoms with E-state index in [4.69, 9.17) is 11.5 Å². The summed E-state index contributed by atoms with van der Waals surface area (Å²) in [6.07, 6.45) is 0. The fraction of sp³-hybridized carbons (Fsp3) is 0.368. The number of benzene rings is 4. The maximum Gasteiger partial charge on any atom is 0.0343 e. The molecule has 0 unspecified atom stereocenters. The highest BCUT2D eigenvalue weighted by atomic mass is 127. The van der Waals surface area contributed by atoms with E-state index in [2.05, 4.69) is 108 Å². The van der Waals surface area contributed by atoms with Gasteiger partial charge in [0.15, 0.2) is 0 Å². The van der Waals surface area contributed by atoms with Gasteiger partial charge in [0.1, 0.15) is 0 Å². The smallest absolute Gasteiger partial charge is 0.0343 e. The van der Waals surface area contributed by atoms with Crippen LogP contribution in [0, 0.1) is 34.8 Å². The third kappa shape index (κ3) is 34.6. The van der Waals surface area contributed by atoms with Gasteiger partial charge in [-0.05, 0) is 119 Å². The van der Waals surface area contributed by atoms with Crippen molar-refractivity contribution < 1.29 is 0 Å². The average molecular weight is 824 g/mol. The Morgan fingerprint density at radius 1 is 0.364 bits per heavy atom. The number of aryl methyl sites for hydroxylation is 4. The minimum absolute atomic E-state index is 0. The number of nitrogen functional groups attached to an aromatic ring is 2. The average Bonchev–Trinajstić information content (AvgIpc) is 3.00. The molecule has 0 bridgehead atoms. The van der Waals surface area contributed by atoms with Crippen molar-refractivity contribution in [1.82, 2.24) is 0 Å². The summed E-state index contributed by atoms with van der Waals surface area (Å²) in [6.45, 7) is 24.2. The van der Waals surface area contributed by atoms with Crippen LogP contribution in [-0.2, 0) is 0 Å². The van der Waals surface area contributed by atoms with Crippen molar-refractivity contribution in [3.05, 3.63) is 126 Å². The molecule has 0 spiro atoms. The molecular weight excluding hydrogens is 760 g/mol. The summed E-state index contributed by atoms with van der Waals surface area (Å²) in [7, 11) is 0. The molecule has 0 aliphatic rings. The van der Waals surface area contributed by atoms with Gasteiger partial charge in [-0.2, -0.15) is 0 Å². The van der Waals surface area contributed by atoms with E-state index < -0.39 is 0 Å². The van der Waals surface area contributed by atoms with Crippen LogP contribution in [-0.4, -0.2) is 16.8 Å². The zero-order valence-corrected chi connectivity index (χ0v) is 32.6. The van der Waals surface area contributed by atoms with Gasteiger partial charge in [0.05, 0.1) is 0 Å². The molecule has 6 radical (unpaired) electrons. The van der Waals surface area contributed by atoms with Crippen LogP contribution in [0.5, 0.6) is 0 Å². The van der Waals surface area contributed by atoms with Crippen molar-refractivity contribution in [3.8, 4) is 0 Å². The van der Waals surface area contributed by atoms with E-state index in [9.17, 15) is 0 Å². The van der Waals surface area contributed by atoms with E-state index in [0.29, 0.717) is 0 Å². The number of hydrogen-bond donors (Lipinski definition) is 2. The van der Waals surface area contributed by atoms with E-state index in [1.54, 1.807) is 0 Å². The topological polar surface area (TPSA) is 52.0 Å². The van der Waals surface area contributed by atoms with Crippen LogP contribution < -0.4 is 11.5 Å². The SMILES string of the molecule is C.C.CC.CC.CC.CC.Cc1ccccc1I.Cc1ccccc1I.Cc1ccccc1N.Cc1ccccc1N.[B].[B]. The second-order valence-corrected chi connectivity index (χ2v) is 9.54. The summed E-state index contributed by atoms with van der Waals surface area (Å²) in [6, 6.07) is 32.3. The molecule has 0 saturated carbocycles. The highest BCUT2D eigenvalue weighted by Crippen LogP contribution is 2.09. The molecule has 2 nitrogen and oxygen atoms in total. The number of hydrogen-bond acceptors (Lipinski definition) is 2. The maximum absolute atomic E-state index is 5.52.